The number of hydrogen-bond acceptors (Lipinski definition) is 4. The van der Waals surface area contributed by atoms with Crippen molar-refractivity contribution in [3.05, 3.63) is 107 Å². The topological polar surface area (TPSA) is 108 Å². The Labute approximate surface area is 320 Å². The molecule has 3 aromatic carbocycles. The molecule has 0 saturated carbocycles. The molecule has 4 aromatic rings. The van der Waals surface area contributed by atoms with E-state index in [2.05, 4.69) is 15.6 Å². The van der Waals surface area contributed by atoms with Crippen LogP contribution in [0, 0.1) is 29.5 Å². The summed E-state index contributed by atoms with van der Waals surface area (Å²) in [6.07, 6.45) is -3.38. The standard InChI is InChI=1S/C44H51F4N3O4/c1-5-27(3)33(23-31(52)20-19-30-15-10-11-18-37(30)45)42(55)51-43(22-21-38-35(25-43)32-16-12-17-36(40(32)50-38)44(46,47)48)39(53)24-34(28(4)6-2)41(54)49-26-29-13-8-7-9-14-29/h7-18,27-28,33-34,50H,5-6,19-26H2,1-4H3,(H,49,54)(H,51,55)/t27?,28?,33-,34-,43+/m0/s1. The second kappa shape index (κ2) is 17.8. The summed E-state index contributed by atoms with van der Waals surface area (Å²) >= 11 is 0. The lowest BCUT2D eigenvalue weighted by molar-refractivity contribution is -0.139. The molecule has 5 atom stereocenters. The second-order valence-corrected chi connectivity index (χ2v) is 15.2. The molecule has 1 aliphatic rings. The summed E-state index contributed by atoms with van der Waals surface area (Å²) in [4.78, 5) is 59.3. The fourth-order valence-electron chi connectivity index (χ4n) is 7.76. The third kappa shape index (κ3) is 9.72. The molecule has 3 N–H and O–H groups in total. The van der Waals surface area contributed by atoms with E-state index in [1.807, 2.05) is 58.0 Å². The van der Waals surface area contributed by atoms with E-state index in [0.717, 1.165) is 11.6 Å². The number of aromatic nitrogens is 1. The molecular weight excluding hydrogens is 710 g/mol. The van der Waals surface area contributed by atoms with E-state index in [9.17, 15) is 36.7 Å². The van der Waals surface area contributed by atoms with Crippen LogP contribution in [-0.2, 0) is 51.2 Å². The van der Waals surface area contributed by atoms with Gasteiger partial charge in [-0.15, -0.1) is 0 Å². The zero-order valence-corrected chi connectivity index (χ0v) is 32.0. The molecule has 5 rings (SSSR count). The first kappa shape index (κ1) is 41.4. The van der Waals surface area contributed by atoms with Crippen molar-refractivity contribution in [2.45, 2.75) is 104 Å². The van der Waals surface area contributed by atoms with Gasteiger partial charge in [0.05, 0.1) is 11.1 Å². The normalized spacial score (nSPS) is 17.8. The first-order valence-corrected chi connectivity index (χ1v) is 19.3. The van der Waals surface area contributed by atoms with Crippen molar-refractivity contribution < 1.29 is 36.7 Å². The number of Topliss-reactive ketones (excluding diaryl/α,β-unsaturated/α-hetero) is 2. The number of alkyl halides is 3. The number of amides is 2. The van der Waals surface area contributed by atoms with Gasteiger partial charge < -0.3 is 15.6 Å². The molecule has 2 amide bonds. The fourth-order valence-corrected chi connectivity index (χ4v) is 7.76. The van der Waals surface area contributed by atoms with Crippen LogP contribution in [-0.4, -0.2) is 33.9 Å². The van der Waals surface area contributed by atoms with Gasteiger partial charge in [-0.3, -0.25) is 19.2 Å². The molecule has 1 heterocycles. The number of carbonyl (C=O) groups excluding carboxylic acids is 4. The number of H-pyrrole nitrogens is 1. The SMILES string of the molecule is CCC(C)[C@H](CC(=O)[C@@]1(NC(=O)[C@@H](CC(=O)CCc2ccccc2F)C(C)CC)CCc2[nH]c3c(C(F)(F)F)cccc3c2C1)C(=O)NCc1ccccc1. The molecule has 0 radical (unpaired) electrons. The average Bonchev–Trinajstić information content (AvgIpc) is 3.54. The number of hydrogen-bond donors (Lipinski definition) is 3. The van der Waals surface area contributed by atoms with Crippen molar-refractivity contribution in [2.75, 3.05) is 0 Å². The van der Waals surface area contributed by atoms with Crippen molar-refractivity contribution in [3.8, 4) is 0 Å². The third-order valence-corrected chi connectivity index (χ3v) is 11.6. The zero-order chi connectivity index (χ0) is 39.9. The number of carbonyl (C=O) groups is 4. The number of fused-ring (bicyclic) bond motifs is 3. The highest BCUT2D eigenvalue weighted by atomic mass is 19.4. The third-order valence-electron chi connectivity index (χ3n) is 11.6. The lowest BCUT2D eigenvalue weighted by Gasteiger charge is -2.39. The number of nitrogens with one attached hydrogen (secondary N) is 3. The summed E-state index contributed by atoms with van der Waals surface area (Å²) in [5.74, 6) is -3.84. The van der Waals surface area contributed by atoms with Gasteiger partial charge in [0.25, 0.3) is 0 Å². The number of aromatic amines is 1. The first-order chi connectivity index (χ1) is 26.2. The van der Waals surface area contributed by atoms with Crippen LogP contribution in [0.5, 0.6) is 0 Å². The first-order valence-electron chi connectivity index (χ1n) is 19.3. The number of ketones is 2. The Morgan fingerprint density at radius 2 is 1.49 bits per heavy atom. The van der Waals surface area contributed by atoms with Crippen LogP contribution < -0.4 is 10.6 Å². The van der Waals surface area contributed by atoms with E-state index in [1.165, 1.54) is 12.1 Å². The van der Waals surface area contributed by atoms with Gasteiger partial charge in [-0.25, -0.2) is 4.39 Å². The van der Waals surface area contributed by atoms with Crippen molar-refractivity contribution >= 4 is 34.3 Å². The van der Waals surface area contributed by atoms with Crippen molar-refractivity contribution in [2.24, 2.45) is 23.7 Å². The molecule has 0 bridgehead atoms. The summed E-state index contributed by atoms with van der Waals surface area (Å²) in [5.41, 5.74) is -0.0881. The van der Waals surface area contributed by atoms with Gasteiger partial charge in [0.1, 0.15) is 17.1 Å². The number of halogens is 4. The molecule has 1 aromatic heterocycles. The summed E-state index contributed by atoms with van der Waals surface area (Å²) in [6, 6.07) is 19.5. The van der Waals surface area contributed by atoms with Gasteiger partial charge in [0.2, 0.25) is 11.8 Å². The molecule has 55 heavy (non-hydrogen) atoms. The predicted octanol–water partition coefficient (Wildman–Crippen LogP) is 8.86. The van der Waals surface area contributed by atoms with Crippen LogP contribution >= 0.6 is 0 Å². The van der Waals surface area contributed by atoms with E-state index in [-0.39, 0.29) is 86.3 Å². The van der Waals surface area contributed by atoms with E-state index >= 15 is 0 Å². The molecule has 0 fully saturated rings. The van der Waals surface area contributed by atoms with Crippen LogP contribution in [0.2, 0.25) is 0 Å². The van der Waals surface area contributed by atoms with Gasteiger partial charge in [0.15, 0.2) is 5.78 Å². The van der Waals surface area contributed by atoms with Crippen molar-refractivity contribution in [1.29, 1.82) is 0 Å². The minimum Gasteiger partial charge on any atom is -0.358 e. The van der Waals surface area contributed by atoms with E-state index < -0.39 is 40.8 Å². The maximum atomic E-state index is 14.8. The Hall–Kier alpha value is -4.80. The van der Waals surface area contributed by atoms with Crippen LogP contribution in [0.15, 0.2) is 72.8 Å². The molecule has 294 valence electrons. The maximum Gasteiger partial charge on any atom is 0.418 e. The van der Waals surface area contributed by atoms with Gasteiger partial charge in [-0.1, -0.05) is 101 Å². The molecule has 0 spiro atoms. The number of aryl methyl sites for hydroxylation is 2. The molecular formula is C44H51F4N3O4. The average molecular weight is 762 g/mol. The predicted molar refractivity (Wildman–Crippen MR) is 204 cm³/mol. The van der Waals surface area contributed by atoms with Gasteiger partial charge in [-0.05, 0) is 59.9 Å². The van der Waals surface area contributed by atoms with E-state index in [1.54, 1.807) is 24.3 Å². The largest absolute Gasteiger partial charge is 0.418 e. The minimum absolute atomic E-state index is 0.0279. The van der Waals surface area contributed by atoms with Crippen LogP contribution in [0.4, 0.5) is 17.6 Å². The Bertz CT molecular complexity index is 1990. The summed E-state index contributed by atoms with van der Waals surface area (Å²) < 4.78 is 56.6. The highest BCUT2D eigenvalue weighted by molar-refractivity contribution is 5.99. The van der Waals surface area contributed by atoms with Crippen LogP contribution in [0.25, 0.3) is 10.9 Å². The Morgan fingerprint density at radius 3 is 2.15 bits per heavy atom. The van der Waals surface area contributed by atoms with Crippen LogP contribution in [0.3, 0.4) is 0 Å². The maximum absolute atomic E-state index is 14.8. The molecule has 11 heteroatoms. The number of rotatable bonds is 17. The Balaban J connectivity index is 1.47. The van der Waals surface area contributed by atoms with Crippen LogP contribution in [0.1, 0.15) is 94.2 Å². The Kier molecular flexibility index (Phi) is 13.4. The van der Waals surface area contributed by atoms with Gasteiger partial charge >= 0.3 is 6.18 Å². The molecule has 7 nitrogen and oxygen atoms in total. The molecule has 0 aliphatic heterocycles. The quantitative estimate of drug-likeness (QED) is 0.0935. The highest BCUT2D eigenvalue weighted by Gasteiger charge is 2.47. The monoisotopic (exact) mass is 761 g/mol. The summed E-state index contributed by atoms with van der Waals surface area (Å²) in [5, 5.41) is 6.35. The fraction of sp³-hybridized carbons (Fsp3) is 0.455. The zero-order valence-electron chi connectivity index (χ0n) is 32.0. The lowest BCUT2D eigenvalue weighted by atomic mass is 9.72. The lowest BCUT2D eigenvalue weighted by Crippen LogP contribution is -2.60. The summed E-state index contributed by atoms with van der Waals surface area (Å²) in [6.45, 7) is 7.86. The Morgan fingerprint density at radius 1 is 0.836 bits per heavy atom. The van der Waals surface area contributed by atoms with Crippen molar-refractivity contribution in [1.82, 2.24) is 15.6 Å². The molecule has 0 saturated heterocycles. The molecule has 2 unspecified atom stereocenters. The van der Waals surface area contributed by atoms with E-state index in [0.29, 0.717) is 35.0 Å². The molecule has 1 aliphatic carbocycles. The second-order valence-electron chi connectivity index (χ2n) is 15.2. The van der Waals surface area contributed by atoms with E-state index in [4.69, 9.17) is 0 Å². The van der Waals surface area contributed by atoms with Crippen molar-refractivity contribution in [3.63, 3.8) is 0 Å². The highest BCUT2D eigenvalue weighted by Crippen LogP contribution is 2.41. The van der Waals surface area contributed by atoms with Gasteiger partial charge in [0, 0.05) is 55.1 Å². The summed E-state index contributed by atoms with van der Waals surface area (Å²) in [7, 11) is 0. The number of benzene rings is 3. The smallest absolute Gasteiger partial charge is 0.358 e. The number of para-hydroxylation sites is 1. The minimum atomic E-state index is -4.62. The van der Waals surface area contributed by atoms with Gasteiger partial charge in [-0.2, -0.15) is 13.2 Å².